The van der Waals surface area contributed by atoms with Crippen LogP contribution in [0.5, 0.6) is 0 Å². The van der Waals surface area contributed by atoms with Gasteiger partial charge in [-0.25, -0.2) is 0 Å². The van der Waals surface area contributed by atoms with Gasteiger partial charge < -0.3 is 5.32 Å². The zero-order valence-corrected chi connectivity index (χ0v) is 9.65. The fourth-order valence-electron chi connectivity index (χ4n) is 1.64. The Morgan fingerprint density at radius 2 is 2.21 bits per heavy atom. The van der Waals surface area contributed by atoms with Gasteiger partial charge >= 0.3 is 0 Å². The Hall–Kier alpha value is -0.240. The number of rotatable bonds is 7. The number of hydrogen-bond donors (Lipinski definition) is 1. The van der Waals surface area contributed by atoms with Gasteiger partial charge in [-0.1, -0.05) is 12.8 Å². The van der Waals surface area contributed by atoms with E-state index in [-0.39, 0.29) is 5.91 Å². The molecule has 1 amide bonds. The smallest absolute Gasteiger partial charge is 0.220 e. The van der Waals surface area contributed by atoms with Crippen LogP contribution in [0.4, 0.5) is 0 Å². The van der Waals surface area contributed by atoms with Gasteiger partial charge in [0, 0.05) is 18.3 Å². The fourth-order valence-corrected chi connectivity index (χ4v) is 1.83. The summed E-state index contributed by atoms with van der Waals surface area (Å²) < 4.78 is 0. The third kappa shape index (κ3) is 5.48. The van der Waals surface area contributed by atoms with Crippen LogP contribution in [0.2, 0.25) is 0 Å². The molecule has 1 aliphatic rings. The summed E-state index contributed by atoms with van der Waals surface area (Å²) in [4.78, 5) is 11.4. The van der Waals surface area contributed by atoms with Crippen molar-refractivity contribution in [1.29, 1.82) is 0 Å². The van der Waals surface area contributed by atoms with Crippen molar-refractivity contribution < 1.29 is 4.79 Å². The van der Waals surface area contributed by atoms with Crippen molar-refractivity contribution in [2.45, 2.75) is 51.5 Å². The van der Waals surface area contributed by atoms with Crippen LogP contribution in [0.3, 0.4) is 0 Å². The summed E-state index contributed by atoms with van der Waals surface area (Å²) in [5.41, 5.74) is 0. The van der Waals surface area contributed by atoms with Gasteiger partial charge in [0.15, 0.2) is 0 Å². The lowest BCUT2D eigenvalue weighted by Crippen LogP contribution is -2.32. The van der Waals surface area contributed by atoms with Gasteiger partial charge in [-0.05, 0) is 32.1 Å². The van der Waals surface area contributed by atoms with Crippen molar-refractivity contribution in [3.63, 3.8) is 0 Å². The van der Waals surface area contributed by atoms with E-state index < -0.39 is 0 Å². The Morgan fingerprint density at radius 1 is 1.50 bits per heavy atom. The third-order valence-corrected chi connectivity index (χ3v) is 2.85. The molecule has 0 aromatic heterocycles. The van der Waals surface area contributed by atoms with E-state index in [9.17, 15) is 4.79 Å². The van der Waals surface area contributed by atoms with Crippen LogP contribution in [0.1, 0.15) is 45.4 Å². The van der Waals surface area contributed by atoms with Crippen LogP contribution in [-0.4, -0.2) is 17.8 Å². The zero-order chi connectivity index (χ0) is 10.4. The molecular weight excluding hydrogens is 198 g/mol. The molecular formula is C11H20ClNO. The Balaban J connectivity index is 1.99. The average Bonchev–Trinajstić information content (AvgIpc) is 2.88. The van der Waals surface area contributed by atoms with Crippen molar-refractivity contribution in [3.8, 4) is 0 Å². The Morgan fingerprint density at radius 3 is 2.79 bits per heavy atom. The van der Waals surface area contributed by atoms with E-state index >= 15 is 0 Å². The van der Waals surface area contributed by atoms with E-state index in [1.165, 1.54) is 12.8 Å². The molecule has 3 heteroatoms. The molecule has 1 unspecified atom stereocenters. The standard InChI is InChI=1S/C11H20ClNO/c1-9(8-10-5-6-10)13-11(14)4-2-3-7-12/h9-10H,2-8H2,1H3,(H,13,14). The van der Waals surface area contributed by atoms with Crippen LogP contribution in [0.15, 0.2) is 0 Å². The average molecular weight is 218 g/mol. The molecule has 0 bridgehead atoms. The van der Waals surface area contributed by atoms with E-state index in [4.69, 9.17) is 11.6 Å². The number of carbonyl (C=O) groups excluding carboxylic acids is 1. The number of alkyl halides is 1. The maximum atomic E-state index is 11.4. The molecule has 0 aromatic rings. The lowest BCUT2D eigenvalue weighted by atomic mass is 10.1. The topological polar surface area (TPSA) is 29.1 Å². The predicted molar refractivity (Wildman–Crippen MR) is 59.5 cm³/mol. The second-order valence-corrected chi connectivity index (χ2v) is 4.67. The second kappa shape index (κ2) is 6.28. The van der Waals surface area contributed by atoms with E-state index in [1.54, 1.807) is 0 Å². The summed E-state index contributed by atoms with van der Waals surface area (Å²) in [6, 6.07) is 0.353. The molecule has 1 atom stereocenters. The summed E-state index contributed by atoms with van der Waals surface area (Å²) in [5, 5.41) is 3.03. The summed E-state index contributed by atoms with van der Waals surface area (Å²) in [6.45, 7) is 2.10. The maximum Gasteiger partial charge on any atom is 0.220 e. The Kier molecular flexibility index (Phi) is 5.31. The molecule has 0 heterocycles. The van der Waals surface area contributed by atoms with E-state index in [0.717, 1.165) is 25.2 Å². The Labute approximate surface area is 91.4 Å². The number of carbonyl (C=O) groups is 1. The summed E-state index contributed by atoms with van der Waals surface area (Å²) in [6.07, 6.45) is 6.33. The number of nitrogens with one attached hydrogen (secondary N) is 1. The Bertz CT molecular complexity index is 180. The number of unbranched alkanes of at least 4 members (excludes halogenated alkanes) is 1. The molecule has 0 saturated heterocycles. The van der Waals surface area contributed by atoms with Gasteiger partial charge in [-0.15, -0.1) is 11.6 Å². The lowest BCUT2D eigenvalue weighted by Gasteiger charge is -2.12. The minimum Gasteiger partial charge on any atom is -0.354 e. The fraction of sp³-hybridized carbons (Fsp3) is 0.909. The van der Waals surface area contributed by atoms with E-state index in [1.807, 2.05) is 0 Å². The highest BCUT2D eigenvalue weighted by molar-refractivity contribution is 6.17. The molecule has 1 saturated carbocycles. The van der Waals surface area contributed by atoms with Crippen molar-refractivity contribution >= 4 is 17.5 Å². The van der Waals surface area contributed by atoms with Crippen LogP contribution in [0, 0.1) is 5.92 Å². The SMILES string of the molecule is CC(CC1CC1)NC(=O)CCCCCl. The number of amides is 1. The number of halogens is 1. The van der Waals surface area contributed by atoms with Crippen molar-refractivity contribution in [2.75, 3.05) is 5.88 Å². The van der Waals surface area contributed by atoms with Gasteiger partial charge in [0.2, 0.25) is 5.91 Å². The van der Waals surface area contributed by atoms with Gasteiger partial charge in [0.05, 0.1) is 0 Å². The monoisotopic (exact) mass is 217 g/mol. The molecule has 0 aliphatic heterocycles. The van der Waals surface area contributed by atoms with Gasteiger partial charge in [0.1, 0.15) is 0 Å². The maximum absolute atomic E-state index is 11.4. The highest BCUT2D eigenvalue weighted by Gasteiger charge is 2.23. The third-order valence-electron chi connectivity index (χ3n) is 2.58. The highest BCUT2D eigenvalue weighted by Crippen LogP contribution is 2.33. The van der Waals surface area contributed by atoms with Crippen molar-refractivity contribution in [3.05, 3.63) is 0 Å². The highest BCUT2D eigenvalue weighted by atomic mass is 35.5. The van der Waals surface area contributed by atoms with Crippen molar-refractivity contribution in [2.24, 2.45) is 5.92 Å². The predicted octanol–water partition coefficient (Wildman–Crippen LogP) is 2.70. The summed E-state index contributed by atoms with van der Waals surface area (Å²) >= 11 is 5.54. The first-order valence-electron chi connectivity index (χ1n) is 5.57. The zero-order valence-electron chi connectivity index (χ0n) is 8.89. The van der Waals surface area contributed by atoms with E-state index in [2.05, 4.69) is 12.2 Å². The molecule has 14 heavy (non-hydrogen) atoms. The molecule has 0 radical (unpaired) electrons. The molecule has 0 spiro atoms. The van der Waals surface area contributed by atoms with Crippen LogP contribution < -0.4 is 5.32 Å². The molecule has 1 aliphatic carbocycles. The minimum atomic E-state index is 0.184. The normalized spacial score (nSPS) is 17.9. The van der Waals surface area contributed by atoms with Gasteiger partial charge in [-0.2, -0.15) is 0 Å². The quantitative estimate of drug-likeness (QED) is 0.516. The first kappa shape index (κ1) is 11.8. The largest absolute Gasteiger partial charge is 0.354 e. The second-order valence-electron chi connectivity index (χ2n) is 4.29. The molecule has 1 rings (SSSR count). The molecule has 1 fully saturated rings. The first-order chi connectivity index (χ1) is 6.72. The molecule has 2 nitrogen and oxygen atoms in total. The molecule has 82 valence electrons. The molecule has 1 N–H and O–H groups in total. The van der Waals surface area contributed by atoms with Gasteiger partial charge in [-0.3, -0.25) is 4.79 Å². The first-order valence-corrected chi connectivity index (χ1v) is 6.11. The van der Waals surface area contributed by atoms with Crippen LogP contribution >= 0.6 is 11.6 Å². The lowest BCUT2D eigenvalue weighted by molar-refractivity contribution is -0.121. The summed E-state index contributed by atoms with van der Waals surface area (Å²) in [7, 11) is 0. The van der Waals surface area contributed by atoms with Gasteiger partial charge in [0.25, 0.3) is 0 Å². The van der Waals surface area contributed by atoms with Crippen molar-refractivity contribution in [1.82, 2.24) is 5.32 Å². The number of hydrogen-bond acceptors (Lipinski definition) is 1. The molecule has 0 aromatic carbocycles. The van der Waals surface area contributed by atoms with Crippen LogP contribution in [-0.2, 0) is 4.79 Å². The summed E-state index contributed by atoms with van der Waals surface area (Å²) in [5.74, 6) is 1.72. The minimum absolute atomic E-state index is 0.184. The van der Waals surface area contributed by atoms with E-state index in [0.29, 0.717) is 18.3 Å². The van der Waals surface area contributed by atoms with Crippen LogP contribution in [0.25, 0.3) is 0 Å².